The van der Waals surface area contributed by atoms with E-state index in [4.69, 9.17) is 9.47 Å². The normalized spacial score (nSPS) is 24.8. The van der Waals surface area contributed by atoms with Gasteiger partial charge in [0.15, 0.2) is 23.2 Å². The first-order valence-corrected chi connectivity index (χ1v) is 12.7. The molecule has 2 aromatic rings. The van der Waals surface area contributed by atoms with Crippen molar-refractivity contribution in [1.82, 2.24) is 0 Å². The van der Waals surface area contributed by atoms with Gasteiger partial charge in [0.05, 0.1) is 19.3 Å². The van der Waals surface area contributed by atoms with Crippen LogP contribution < -0.4 is 4.74 Å². The van der Waals surface area contributed by atoms with E-state index in [0.29, 0.717) is 24.2 Å². The number of ether oxygens (including phenoxy) is 2. The molecule has 2 aromatic carbocycles. The monoisotopic (exact) mass is 490 g/mol. The summed E-state index contributed by atoms with van der Waals surface area (Å²) in [6, 6.07) is 5.27. The fourth-order valence-corrected chi connectivity index (χ4v) is 5.66. The molecule has 4 rings (SSSR count). The summed E-state index contributed by atoms with van der Waals surface area (Å²) in [6.07, 6.45) is 9.98. The summed E-state index contributed by atoms with van der Waals surface area (Å²) in [5.74, 6) is -3.07. The van der Waals surface area contributed by atoms with Gasteiger partial charge in [0.2, 0.25) is 5.82 Å². The van der Waals surface area contributed by atoms with Gasteiger partial charge in [-0.05, 0) is 80.9 Å². The minimum absolute atomic E-state index is 0.167. The second-order valence-corrected chi connectivity index (χ2v) is 9.84. The molecule has 0 radical (unpaired) electrons. The van der Waals surface area contributed by atoms with Gasteiger partial charge >= 0.3 is 0 Å². The SMILES string of the molecule is C=CC1CCC(C2CCC(CCc3ccc(-c4ccc(OCC)c(F)c4F)c(F)c3F)CC2)CO1. The summed E-state index contributed by atoms with van der Waals surface area (Å²) in [6.45, 7) is 6.44. The Labute approximate surface area is 205 Å². The van der Waals surface area contributed by atoms with Gasteiger partial charge in [-0.1, -0.05) is 31.1 Å². The number of halogens is 4. The number of rotatable bonds is 8. The molecule has 0 aromatic heterocycles. The Morgan fingerprint density at radius 3 is 2.14 bits per heavy atom. The molecule has 0 spiro atoms. The topological polar surface area (TPSA) is 18.5 Å². The number of hydrogen-bond donors (Lipinski definition) is 0. The zero-order valence-corrected chi connectivity index (χ0v) is 20.3. The summed E-state index contributed by atoms with van der Waals surface area (Å²) < 4.78 is 69.4. The first-order chi connectivity index (χ1) is 16.9. The summed E-state index contributed by atoms with van der Waals surface area (Å²) in [7, 11) is 0. The first-order valence-electron chi connectivity index (χ1n) is 12.7. The molecule has 6 heteroatoms. The Balaban J connectivity index is 1.35. The Kier molecular flexibility index (Phi) is 8.53. The van der Waals surface area contributed by atoms with Crippen molar-refractivity contribution in [1.29, 1.82) is 0 Å². The maximum Gasteiger partial charge on any atom is 0.201 e. The highest BCUT2D eigenvalue weighted by molar-refractivity contribution is 5.66. The van der Waals surface area contributed by atoms with Crippen molar-refractivity contribution in [2.24, 2.45) is 17.8 Å². The lowest BCUT2D eigenvalue weighted by molar-refractivity contribution is -0.0166. The number of benzene rings is 2. The molecule has 2 unspecified atom stereocenters. The van der Waals surface area contributed by atoms with Crippen LogP contribution in [0.3, 0.4) is 0 Å². The van der Waals surface area contributed by atoms with Gasteiger partial charge in [-0.25, -0.2) is 13.2 Å². The molecular weight excluding hydrogens is 456 g/mol. The van der Waals surface area contributed by atoms with Crippen LogP contribution in [0.15, 0.2) is 36.9 Å². The van der Waals surface area contributed by atoms with Crippen molar-refractivity contribution in [3.8, 4) is 16.9 Å². The first kappa shape index (κ1) is 25.7. The van der Waals surface area contributed by atoms with E-state index in [-0.39, 0.29) is 35.2 Å². The van der Waals surface area contributed by atoms with E-state index in [2.05, 4.69) is 6.58 Å². The minimum atomic E-state index is -1.25. The van der Waals surface area contributed by atoms with Crippen LogP contribution in [0.2, 0.25) is 0 Å². The average molecular weight is 491 g/mol. The van der Waals surface area contributed by atoms with Crippen molar-refractivity contribution >= 4 is 0 Å². The van der Waals surface area contributed by atoms with E-state index in [1.807, 2.05) is 6.08 Å². The zero-order valence-electron chi connectivity index (χ0n) is 20.3. The zero-order chi connectivity index (χ0) is 24.9. The van der Waals surface area contributed by atoms with Gasteiger partial charge in [-0.2, -0.15) is 4.39 Å². The third kappa shape index (κ3) is 5.74. The molecule has 2 nitrogen and oxygen atoms in total. The smallest absolute Gasteiger partial charge is 0.201 e. The number of hydrogen-bond acceptors (Lipinski definition) is 2. The summed E-state index contributed by atoms with van der Waals surface area (Å²) in [5, 5.41) is 0. The lowest BCUT2D eigenvalue weighted by atomic mass is 9.72. The van der Waals surface area contributed by atoms with Crippen molar-refractivity contribution in [3.63, 3.8) is 0 Å². The largest absolute Gasteiger partial charge is 0.491 e. The highest BCUT2D eigenvalue weighted by Crippen LogP contribution is 2.39. The van der Waals surface area contributed by atoms with Gasteiger partial charge in [-0.3, -0.25) is 0 Å². The molecular formula is C29H34F4O2. The number of aryl methyl sites for hydroxylation is 1. The van der Waals surface area contributed by atoms with Gasteiger partial charge in [0, 0.05) is 11.1 Å². The lowest BCUT2D eigenvalue weighted by Gasteiger charge is -2.37. The molecule has 0 amide bonds. The Hall–Kier alpha value is -2.34. The van der Waals surface area contributed by atoms with Crippen LogP contribution in [-0.4, -0.2) is 19.3 Å². The van der Waals surface area contributed by atoms with E-state index in [0.717, 1.165) is 45.1 Å². The van der Waals surface area contributed by atoms with Crippen LogP contribution in [0.25, 0.3) is 11.1 Å². The van der Waals surface area contributed by atoms with E-state index < -0.39 is 23.3 Å². The molecule has 1 aliphatic heterocycles. The van der Waals surface area contributed by atoms with Crippen LogP contribution in [-0.2, 0) is 11.2 Å². The fourth-order valence-electron chi connectivity index (χ4n) is 5.66. The molecule has 190 valence electrons. The minimum Gasteiger partial charge on any atom is -0.491 e. The predicted octanol–water partition coefficient (Wildman–Crippen LogP) is 8.03. The quantitative estimate of drug-likeness (QED) is 0.275. The summed E-state index contributed by atoms with van der Waals surface area (Å²) in [4.78, 5) is 0. The molecule has 35 heavy (non-hydrogen) atoms. The van der Waals surface area contributed by atoms with Crippen LogP contribution >= 0.6 is 0 Å². The lowest BCUT2D eigenvalue weighted by Crippen LogP contribution is -2.31. The maximum atomic E-state index is 14.9. The van der Waals surface area contributed by atoms with Gasteiger partial charge in [0.1, 0.15) is 0 Å². The Morgan fingerprint density at radius 2 is 1.51 bits per heavy atom. The molecule has 1 saturated heterocycles. The maximum absolute atomic E-state index is 14.9. The third-order valence-corrected chi connectivity index (χ3v) is 7.79. The molecule has 2 atom stereocenters. The molecule has 0 N–H and O–H groups in total. The highest BCUT2D eigenvalue weighted by atomic mass is 19.2. The van der Waals surface area contributed by atoms with Crippen molar-refractivity contribution < 1.29 is 27.0 Å². The molecule has 1 aliphatic carbocycles. The third-order valence-electron chi connectivity index (χ3n) is 7.79. The summed E-state index contributed by atoms with van der Waals surface area (Å²) in [5.41, 5.74) is -0.339. The van der Waals surface area contributed by atoms with Crippen LogP contribution in [0.1, 0.15) is 57.4 Å². The van der Waals surface area contributed by atoms with E-state index >= 15 is 0 Å². The van der Waals surface area contributed by atoms with Crippen LogP contribution in [0.4, 0.5) is 17.6 Å². The van der Waals surface area contributed by atoms with E-state index in [1.54, 1.807) is 6.92 Å². The van der Waals surface area contributed by atoms with Crippen LogP contribution in [0.5, 0.6) is 5.75 Å². The van der Waals surface area contributed by atoms with Crippen molar-refractivity contribution in [2.45, 2.75) is 64.4 Å². The Bertz CT molecular complexity index is 1020. The average Bonchev–Trinajstić information content (AvgIpc) is 2.89. The standard InChI is InChI=1S/C29H34F4O2/c1-3-22-13-11-21(17-35-22)19-8-5-18(6-9-19)7-10-20-12-14-23(27(31)26(20)30)24-15-16-25(34-4-2)29(33)28(24)32/h3,12,14-16,18-19,21-22H,1,4-11,13,17H2,2H3. The van der Waals surface area contributed by atoms with Crippen molar-refractivity contribution in [2.75, 3.05) is 13.2 Å². The Morgan fingerprint density at radius 1 is 0.857 bits per heavy atom. The fraction of sp³-hybridized carbons (Fsp3) is 0.517. The van der Waals surface area contributed by atoms with E-state index in [9.17, 15) is 17.6 Å². The summed E-state index contributed by atoms with van der Waals surface area (Å²) >= 11 is 0. The second kappa shape index (κ2) is 11.6. The molecule has 0 bridgehead atoms. The molecule has 2 aliphatic rings. The van der Waals surface area contributed by atoms with Gasteiger partial charge in [-0.15, -0.1) is 6.58 Å². The van der Waals surface area contributed by atoms with E-state index in [1.165, 1.54) is 30.7 Å². The molecule has 1 saturated carbocycles. The van der Waals surface area contributed by atoms with Gasteiger partial charge < -0.3 is 9.47 Å². The predicted molar refractivity (Wildman–Crippen MR) is 129 cm³/mol. The second-order valence-electron chi connectivity index (χ2n) is 9.84. The highest BCUT2D eigenvalue weighted by Gasteiger charge is 2.31. The van der Waals surface area contributed by atoms with Gasteiger partial charge in [0.25, 0.3) is 0 Å². The molecule has 2 fully saturated rings. The van der Waals surface area contributed by atoms with Crippen molar-refractivity contribution in [3.05, 3.63) is 65.8 Å². The molecule has 1 heterocycles. The van der Waals surface area contributed by atoms with Crippen LogP contribution in [0, 0.1) is 41.0 Å².